The molecule has 7 nitrogen and oxygen atoms in total. The standard InChI is InChI=1S/C17H16Cl3N3O4S/c18-10-4-3-5-12(14(10)20)21-17(25)22-13-7-6-11(19)16(15(13)24)28(26,27)23-8-1-2-9-23/h3-7,24H,1-2,8-9H2,(H2,21,22,25). The van der Waals surface area contributed by atoms with Gasteiger partial charge in [-0.2, -0.15) is 4.31 Å². The Morgan fingerprint density at radius 1 is 0.964 bits per heavy atom. The van der Waals surface area contributed by atoms with Crippen LogP contribution in [0.1, 0.15) is 12.8 Å². The first-order valence-corrected chi connectivity index (χ1v) is 10.8. The summed E-state index contributed by atoms with van der Waals surface area (Å²) in [7, 11) is -3.99. The zero-order chi connectivity index (χ0) is 20.5. The fourth-order valence-electron chi connectivity index (χ4n) is 2.83. The lowest BCUT2D eigenvalue weighted by atomic mass is 10.3. The lowest BCUT2D eigenvalue weighted by molar-refractivity contribution is 0.262. The molecule has 1 heterocycles. The number of hydrogen-bond donors (Lipinski definition) is 3. The zero-order valence-corrected chi connectivity index (χ0v) is 17.5. The Hall–Kier alpha value is -1.71. The number of amides is 2. The van der Waals surface area contributed by atoms with Crippen LogP contribution >= 0.6 is 34.8 Å². The molecule has 1 fully saturated rings. The molecule has 0 aromatic heterocycles. The van der Waals surface area contributed by atoms with E-state index in [1.54, 1.807) is 18.2 Å². The van der Waals surface area contributed by atoms with E-state index in [0.29, 0.717) is 13.1 Å². The molecule has 0 radical (unpaired) electrons. The SMILES string of the molecule is O=C(Nc1ccc(Cl)c(S(=O)(=O)N2CCCC2)c1O)Nc1cccc(Cl)c1Cl. The number of carbonyl (C=O) groups is 1. The summed E-state index contributed by atoms with van der Waals surface area (Å²) in [5.41, 5.74) is 0.142. The van der Waals surface area contributed by atoms with E-state index < -0.39 is 26.7 Å². The minimum absolute atomic E-state index is 0.113. The van der Waals surface area contributed by atoms with Crippen LogP contribution < -0.4 is 10.6 Å². The Morgan fingerprint density at radius 3 is 2.29 bits per heavy atom. The third-order valence-corrected chi connectivity index (χ3v) is 7.41. The number of carbonyl (C=O) groups excluding carboxylic acids is 1. The highest BCUT2D eigenvalue weighted by atomic mass is 35.5. The van der Waals surface area contributed by atoms with E-state index in [1.165, 1.54) is 16.4 Å². The van der Waals surface area contributed by atoms with Crippen molar-refractivity contribution < 1.29 is 18.3 Å². The van der Waals surface area contributed by atoms with Crippen LogP contribution in [0.4, 0.5) is 16.2 Å². The van der Waals surface area contributed by atoms with Crippen LogP contribution in [-0.2, 0) is 10.0 Å². The van der Waals surface area contributed by atoms with Crippen LogP contribution in [0.15, 0.2) is 35.2 Å². The average Bonchev–Trinajstić information content (AvgIpc) is 3.17. The molecular formula is C17H16Cl3N3O4S. The maximum Gasteiger partial charge on any atom is 0.323 e. The van der Waals surface area contributed by atoms with Crippen molar-refractivity contribution in [1.29, 1.82) is 0 Å². The van der Waals surface area contributed by atoms with Gasteiger partial charge in [-0.15, -0.1) is 0 Å². The van der Waals surface area contributed by atoms with E-state index in [0.717, 1.165) is 12.8 Å². The number of rotatable bonds is 4. The number of sulfonamides is 1. The lowest BCUT2D eigenvalue weighted by Crippen LogP contribution is -2.28. The number of urea groups is 1. The van der Waals surface area contributed by atoms with E-state index >= 15 is 0 Å². The molecule has 0 spiro atoms. The number of nitrogens with one attached hydrogen (secondary N) is 2. The van der Waals surface area contributed by atoms with Crippen molar-refractivity contribution in [3.63, 3.8) is 0 Å². The first kappa shape index (κ1) is 21.0. The van der Waals surface area contributed by atoms with E-state index in [1.807, 2.05) is 0 Å². The highest BCUT2D eigenvalue weighted by molar-refractivity contribution is 7.89. The van der Waals surface area contributed by atoms with E-state index in [9.17, 15) is 18.3 Å². The maximum atomic E-state index is 12.8. The van der Waals surface area contributed by atoms with Crippen LogP contribution in [0.25, 0.3) is 0 Å². The molecular weight excluding hydrogens is 449 g/mol. The first-order valence-electron chi connectivity index (χ1n) is 8.25. The van der Waals surface area contributed by atoms with Crippen LogP contribution in [0, 0.1) is 0 Å². The lowest BCUT2D eigenvalue weighted by Gasteiger charge is -2.19. The van der Waals surface area contributed by atoms with Gasteiger partial charge in [0.2, 0.25) is 10.0 Å². The monoisotopic (exact) mass is 463 g/mol. The van der Waals surface area contributed by atoms with Crippen molar-refractivity contribution in [3.8, 4) is 5.75 Å². The van der Waals surface area contributed by atoms with Crippen LogP contribution in [0.5, 0.6) is 5.75 Å². The fourth-order valence-corrected chi connectivity index (χ4v) is 5.29. The minimum Gasteiger partial charge on any atom is -0.504 e. The van der Waals surface area contributed by atoms with Gasteiger partial charge in [0.1, 0.15) is 4.90 Å². The Kier molecular flexibility index (Phi) is 6.26. The Morgan fingerprint density at radius 2 is 1.61 bits per heavy atom. The molecule has 2 aromatic rings. The van der Waals surface area contributed by atoms with E-state index in [4.69, 9.17) is 34.8 Å². The predicted octanol–water partition coefficient (Wildman–Crippen LogP) is 4.78. The van der Waals surface area contributed by atoms with Crippen LogP contribution in [-0.4, -0.2) is 37.0 Å². The molecule has 2 amide bonds. The quantitative estimate of drug-likeness (QED) is 0.567. The number of phenols is 1. The van der Waals surface area contributed by atoms with Crippen molar-refractivity contribution >= 4 is 62.2 Å². The molecule has 28 heavy (non-hydrogen) atoms. The third-order valence-electron chi connectivity index (χ3n) is 4.19. The fraction of sp³-hybridized carbons (Fsp3) is 0.235. The summed E-state index contributed by atoms with van der Waals surface area (Å²) < 4.78 is 26.9. The second-order valence-corrected chi connectivity index (χ2v) is 9.13. The summed E-state index contributed by atoms with van der Waals surface area (Å²) in [6.45, 7) is 0.701. The molecule has 3 N–H and O–H groups in total. The number of anilines is 2. The highest BCUT2D eigenvalue weighted by Gasteiger charge is 2.33. The summed E-state index contributed by atoms with van der Waals surface area (Å²) in [6, 6.07) is 6.56. The summed E-state index contributed by atoms with van der Waals surface area (Å²) >= 11 is 18.0. The summed E-state index contributed by atoms with van der Waals surface area (Å²) in [4.78, 5) is 11.8. The molecule has 0 saturated carbocycles. The zero-order valence-electron chi connectivity index (χ0n) is 14.4. The molecule has 0 bridgehead atoms. The van der Waals surface area contributed by atoms with Gasteiger partial charge in [0, 0.05) is 13.1 Å². The summed E-state index contributed by atoms with van der Waals surface area (Å²) in [6.07, 6.45) is 1.47. The molecule has 11 heteroatoms. The van der Waals surface area contributed by atoms with Gasteiger partial charge in [-0.1, -0.05) is 40.9 Å². The molecule has 150 valence electrons. The van der Waals surface area contributed by atoms with Crippen LogP contribution in [0.2, 0.25) is 15.1 Å². The van der Waals surface area contributed by atoms with Gasteiger partial charge in [-0.05, 0) is 37.1 Å². The van der Waals surface area contributed by atoms with Crippen molar-refractivity contribution in [2.75, 3.05) is 23.7 Å². The number of hydrogen-bond acceptors (Lipinski definition) is 4. The maximum absolute atomic E-state index is 12.8. The Bertz CT molecular complexity index is 1020. The number of aromatic hydroxyl groups is 1. The number of halogens is 3. The largest absolute Gasteiger partial charge is 0.504 e. The molecule has 1 aliphatic rings. The normalized spacial score (nSPS) is 14.8. The molecule has 2 aromatic carbocycles. The van der Waals surface area contributed by atoms with Gasteiger partial charge in [0.05, 0.1) is 26.4 Å². The molecule has 3 rings (SSSR count). The summed E-state index contributed by atoms with van der Waals surface area (Å²) in [5.74, 6) is -0.633. The summed E-state index contributed by atoms with van der Waals surface area (Å²) in [5, 5.41) is 15.7. The molecule has 0 aliphatic carbocycles. The predicted molar refractivity (Wildman–Crippen MR) is 110 cm³/mol. The smallest absolute Gasteiger partial charge is 0.323 e. The van der Waals surface area contributed by atoms with Crippen molar-refractivity contribution in [2.45, 2.75) is 17.7 Å². The molecule has 0 unspecified atom stereocenters. The van der Waals surface area contributed by atoms with Gasteiger partial charge in [0.25, 0.3) is 0 Å². The van der Waals surface area contributed by atoms with Crippen molar-refractivity contribution in [2.24, 2.45) is 0 Å². The first-order chi connectivity index (χ1) is 13.2. The van der Waals surface area contributed by atoms with Crippen molar-refractivity contribution in [1.82, 2.24) is 4.31 Å². The van der Waals surface area contributed by atoms with Gasteiger partial charge in [-0.3, -0.25) is 0 Å². The molecule has 0 atom stereocenters. The van der Waals surface area contributed by atoms with E-state index in [2.05, 4.69) is 10.6 Å². The molecule has 1 saturated heterocycles. The second-order valence-electron chi connectivity index (χ2n) is 6.06. The Labute approximate surface area is 177 Å². The third kappa shape index (κ3) is 4.16. The number of benzene rings is 2. The minimum atomic E-state index is -3.99. The van der Waals surface area contributed by atoms with Crippen molar-refractivity contribution in [3.05, 3.63) is 45.4 Å². The van der Waals surface area contributed by atoms with E-state index in [-0.39, 0.29) is 26.4 Å². The second kappa shape index (κ2) is 8.34. The van der Waals surface area contributed by atoms with Gasteiger partial charge < -0.3 is 15.7 Å². The highest BCUT2D eigenvalue weighted by Crippen LogP contribution is 2.39. The van der Waals surface area contributed by atoms with Crippen LogP contribution in [0.3, 0.4) is 0 Å². The van der Waals surface area contributed by atoms with Gasteiger partial charge >= 0.3 is 6.03 Å². The average molecular weight is 465 g/mol. The van der Waals surface area contributed by atoms with Gasteiger partial charge in [0.15, 0.2) is 5.75 Å². The topological polar surface area (TPSA) is 98.7 Å². The number of nitrogens with zero attached hydrogens (tertiary/aromatic N) is 1. The Balaban J connectivity index is 1.87. The van der Waals surface area contributed by atoms with Gasteiger partial charge in [-0.25, -0.2) is 13.2 Å². The number of phenolic OH excluding ortho intramolecular Hbond substituents is 1. The molecule has 1 aliphatic heterocycles.